The van der Waals surface area contributed by atoms with Crippen LogP contribution >= 0.6 is 0 Å². The molecule has 0 aliphatic rings. The SMILES string of the molecule is O=C(CNC(=O)c1cnn(-c2ccccc2)n1)NCc1ccco1. The van der Waals surface area contributed by atoms with E-state index in [1.165, 1.54) is 17.3 Å². The van der Waals surface area contributed by atoms with E-state index in [0.717, 1.165) is 5.69 Å². The zero-order valence-electron chi connectivity index (χ0n) is 12.7. The molecule has 8 nitrogen and oxygen atoms in total. The maximum Gasteiger partial charge on any atom is 0.273 e. The molecule has 0 aliphatic heterocycles. The molecule has 0 unspecified atom stereocenters. The Morgan fingerprint density at radius 3 is 2.67 bits per heavy atom. The van der Waals surface area contributed by atoms with E-state index in [4.69, 9.17) is 4.42 Å². The lowest BCUT2D eigenvalue weighted by Crippen LogP contribution is -2.36. The van der Waals surface area contributed by atoms with Crippen LogP contribution in [-0.2, 0) is 11.3 Å². The quantitative estimate of drug-likeness (QED) is 0.701. The second-order valence-corrected chi connectivity index (χ2v) is 4.89. The number of rotatable bonds is 6. The largest absolute Gasteiger partial charge is 0.467 e. The van der Waals surface area contributed by atoms with Gasteiger partial charge in [0, 0.05) is 0 Å². The van der Waals surface area contributed by atoms with Gasteiger partial charge in [0.15, 0.2) is 5.69 Å². The fraction of sp³-hybridized carbons (Fsp3) is 0.125. The number of nitrogens with one attached hydrogen (secondary N) is 2. The molecule has 24 heavy (non-hydrogen) atoms. The fourth-order valence-electron chi connectivity index (χ4n) is 1.97. The first kappa shape index (κ1) is 15.5. The molecule has 3 rings (SSSR count). The number of para-hydroxylation sites is 1. The van der Waals surface area contributed by atoms with Crippen molar-refractivity contribution in [3.8, 4) is 5.69 Å². The van der Waals surface area contributed by atoms with E-state index in [2.05, 4.69) is 20.8 Å². The lowest BCUT2D eigenvalue weighted by atomic mass is 10.3. The first-order chi connectivity index (χ1) is 11.7. The number of benzene rings is 1. The Morgan fingerprint density at radius 1 is 1.08 bits per heavy atom. The topological polar surface area (TPSA) is 102 Å². The third-order valence-corrected chi connectivity index (χ3v) is 3.16. The smallest absolute Gasteiger partial charge is 0.273 e. The predicted octanol–water partition coefficient (Wildman–Crippen LogP) is 0.906. The summed E-state index contributed by atoms with van der Waals surface area (Å²) in [6.45, 7) is 0.115. The Hall–Kier alpha value is -3.42. The molecule has 2 heterocycles. The highest BCUT2D eigenvalue weighted by molar-refractivity contribution is 5.94. The summed E-state index contributed by atoms with van der Waals surface area (Å²) in [7, 11) is 0. The predicted molar refractivity (Wildman–Crippen MR) is 84.2 cm³/mol. The molecule has 2 N–H and O–H groups in total. The van der Waals surface area contributed by atoms with Gasteiger partial charge in [-0.3, -0.25) is 9.59 Å². The van der Waals surface area contributed by atoms with Crippen molar-refractivity contribution in [3.63, 3.8) is 0 Å². The molecule has 0 saturated carbocycles. The summed E-state index contributed by atoms with van der Waals surface area (Å²) in [6, 6.07) is 12.7. The van der Waals surface area contributed by atoms with Gasteiger partial charge >= 0.3 is 0 Å². The summed E-state index contributed by atoms with van der Waals surface area (Å²) in [6.07, 6.45) is 2.88. The molecule has 1 aromatic carbocycles. The summed E-state index contributed by atoms with van der Waals surface area (Å²) in [5.74, 6) is -0.152. The van der Waals surface area contributed by atoms with Gasteiger partial charge in [-0.25, -0.2) is 0 Å². The Morgan fingerprint density at radius 2 is 1.92 bits per heavy atom. The number of carbonyl (C=O) groups excluding carboxylic acids is 2. The summed E-state index contributed by atoms with van der Waals surface area (Å²) in [5.41, 5.74) is 0.880. The highest BCUT2D eigenvalue weighted by Crippen LogP contribution is 2.04. The molecular weight excluding hydrogens is 310 g/mol. The van der Waals surface area contributed by atoms with E-state index in [1.54, 1.807) is 12.1 Å². The van der Waals surface area contributed by atoms with Gasteiger partial charge in [0.05, 0.1) is 31.2 Å². The molecule has 8 heteroatoms. The van der Waals surface area contributed by atoms with E-state index in [9.17, 15) is 9.59 Å². The number of hydrogen-bond acceptors (Lipinski definition) is 5. The summed E-state index contributed by atoms with van der Waals surface area (Å²) in [5, 5.41) is 13.3. The molecule has 2 aromatic heterocycles. The molecule has 0 saturated heterocycles. The Labute approximate surface area is 137 Å². The molecule has 3 aromatic rings. The highest BCUT2D eigenvalue weighted by atomic mass is 16.3. The molecule has 2 amide bonds. The van der Waals surface area contributed by atoms with Crippen LogP contribution in [0.4, 0.5) is 0 Å². The van der Waals surface area contributed by atoms with E-state index < -0.39 is 5.91 Å². The summed E-state index contributed by atoms with van der Waals surface area (Å²) in [4.78, 5) is 25.0. The molecule has 122 valence electrons. The Balaban J connectivity index is 1.50. The van der Waals surface area contributed by atoms with Gasteiger partial charge in [0.1, 0.15) is 5.76 Å². The van der Waals surface area contributed by atoms with Crippen molar-refractivity contribution in [1.82, 2.24) is 25.6 Å². The van der Waals surface area contributed by atoms with Crippen LogP contribution in [0.3, 0.4) is 0 Å². The lowest BCUT2D eigenvalue weighted by Gasteiger charge is -2.04. The number of aromatic nitrogens is 3. The van der Waals surface area contributed by atoms with Gasteiger partial charge in [0.25, 0.3) is 5.91 Å². The molecule has 0 spiro atoms. The monoisotopic (exact) mass is 325 g/mol. The molecule has 0 aliphatic carbocycles. The zero-order chi connectivity index (χ0) is 16.8. The normalized spacial score (nSPS) is 10.3. The van der Waals surface area contributed by atoms with Gasteiger partial charge in [-0.15, -0.1) is 5.10 Å². The number of carbonyl (C=O) groups is 2. The maximum absolute atomic E-state index is 12.0. The minimum Gasteiger partial charge on any atom is -0.467 e. The first-order valence-electron chi connectivity index (χ1n) is 7.27. The van der Waals surface area contributed by atoms with Gasteiger partial charge in [-0.05, 0) is 24.3 Å². The summed E-state index contributed by atoms with van der Waals surface area (Å²) < 4.78 is 5.10. The van der Waals surface area contributed by atoms with Crippen molar-refractivity contribution in [2.45, 2.75) is 6.54 Å². The number of amides is 2. The average molecular weight is 325 g/mol. The van der Waals surface area contributed by atoms with Crippen molar-refractivity contribution in [1.29, 1.82) is 0 Å². The van der Waals surface area contributed by atoms with Crippen LogP contribution < -0.4 is 10.6 Å². The Kier molecular flexibility index (Phi) is 4.66. The lowest BCUT2D eigenvalue weighted by molar-refractivity contribution is -0.120. The van der Waals surface area contributed by atoms with Crippen molar-refractivity contribution >= 4 is 11.8 Å². The second-order valence-electron chi connectivity index (χ2n) is 4.89. The van der Waals surface area contributed by atoms with Crippen LogP contribution in [-0.4, -0.2) is 33.4 Å². The number of furan rings is 1. The molecule has 0 atom stereocenters. The zero-order valence-corrected chi connectivity index (χ0v) is 12.7. The van der Waals surface area contributed by atoms with E-state index in [1.807, 2.05) is 30.3 Å². The van der Waals surface area contributed by atoms with Crippen LogP contribution in [0, 0.1) is 0 Å². The Bertz CT molecular complexity index is 811. The van der Waals surface area contributed by atoms with Crippen molar-refractivity contribution in [3.05, 3.63) is 66.4 Å². The average Bonchev–Trinajstić information content (AvgIpc) is 3.30. The van der Waals surface area contributed by atoms with Gasteiger partial charge < -0.3 is 15.1 Å². The van der Waals surface area contributed by atoms with Crippen molar-refractivity contribution < 1.29 is 14.0 Å². The number of hydrogen-bond donors (Lipinski definition) is 2. The third-order valence-electron chi connectivity index (χ3n) is 3.16. The molecular formula is C16H15N5O3. The van der Waals surface area contributed by atoms with Crippen molar-refractivity contribution in [2.24, 2.45) is 0 Å². The van der Waals surface area contributed by atoms with Gasteiger partial charge in [-0.1, -0.05) is 18.2 Å². The third kappa shape index (κ3) is 3.86. The van der Waals surface area contributed by atoms with Crippen LogP contribution in [0.5, 0.6) is 0 Å². The maximum atomic E-state index is 12.0. The standard InChI is InChI=1S/C16H15N5O3/c22-15(17-9-13-7-4-8-24-13)11-18-16(23)14-10-19-21(20-14)12-5-2-1-3-6-12/h1-8,10H,9,11H2,(H,17,22)(H,18,23). The highest BCUT2D eigenvalue weighted by Gasteiger charge is 2.12. The minimum atomic E-state index is -0.467. The minimum absolute atomic E-state index is 0.137. The van der Waals surface area contributed by atoms with Gasteiger partial charge in [-0.2, -0.15) is 9.90 Å². The molecule has 0 fully saturated rings. The van der Waals surface area contributed by atoms with Crippen LogP contribution in [0.15, 0.2) is 59.3 Å². The van der Waals surface area contributed by atoms with E-state index in [0.29, 0.717) is 5.76 Å². The van der Waals surface area contributed by atoms with E-state index >= 15 is 0 Å². The second kappa shape index (κ2) is 7.23. The summed E-state index contributed by atoms with van der Waals surface area (Å²) >= 11 is 0. The fourth-order valence-corrected chi connectivity index (χ4v) is 1.97. The van der Waals surface area contributed by atoms with Crippen LogP contribution in [0.2, 0.25) is 0 Å². The molecule has 0 bridgehead atoms. The first-order valence-corrected chi connectivity index (χ1v) is 7.27. The van der Waals surface area contributed by atoms with Gasteiger partial charge in [0.2, 0.25) is 5.91 Å². The number of nitrogens with zero attached hydrogens (tertiary/aromatic N) is 3. The van der Waals surface area contributed by atoms with E-state index in [-0.39, 0.29) is 24.7 Å². The van der Waals surface area contributed by atoms with Crippen LogP contribution in [0.25, 0.3) is 5.69 Å². The van der Waals surface area contributed by atoms with Crippen molar-refractivity contribution in [2.75, 3.05) is 6.54 Å². The molecule has 0 radical (unpaired) electrons. The van der Waals surface area contributed by atoms with Crippen LogP contribution in [0.1, 0.15) is 16.2 Å².